The van der Waals surface area contributed by atoms with Crippen molar-refractivity contribution in [3.63, 3.8) is 0 Å². The second kappa shape index (κ2) is 8.26. The molecule has 1 amide bonds. The lowest BCUT2D eigenvalue weighted by Gasteiger charge is -2.37. The number of hydrogen-bond donors (Lipinski definition) is 1. The summed E-state index contributed by atoms with van der Waals surface area (Å²) in [6.07, 6.45) is 12.6. The van der Waals surface area contributed by atoms with Crippen molar-refractivity contribution >= 4 is 5.91 Å². The van der Waals surface area contributed by atoms with Crippen LogP contribution in [-0.2, 0) is 13.0 Å². The van der Waals surface area contributed by atoms with Crippen LogP contribution in [0.4, 0.5) is 0 Å². The minimum atomic E-state index is -0.116. The van der Waals surface area contributed by atoms with Crippen molar-refractivity contribution in [2.24, 2.45) is 0 Å². The minimum absolute atomic E-state index is 0.00278. The number of aromatic nitrogens is 4. The number of hydrogen-bond acceptors (Lipinski definition) is 6. The standard InChI is InChI=1S/C22H28N6O2/c29-21-17-7-11-27(16-4-2-1-3-5-16)14-19(17)25-20(26-21)15-6-10-28(13-15)22(30)18-12-23-8-9-24-18/h8-9,12,15-16H,1-7,10-11,13-14H2,(H,25,26,29)/t15-/m0/s1. The Balaban J connectivity index is 1.32. The lowest BCUT2D eigenvalue weighted by atomic mass is 9.92. The van der Waals surface area contributed by atoms with Crippen LogP contribution in [0.1, 0.15) is 72.0 Å². The van der Waals surface area contributed by atoms with E-state index >= 15 is 0 Å². The molecule has 2 aromatic rings. The van der Waals surface area contributed by atoms with Gasteiger partial charge in [0, 0.05) is 56.1 Å². The van der Waals surface area contributed by atoms with Gasteiger partial charge in [-0.3, -0.25) is 19.5 Å². The van der Waals surface area contributed by atoms with Crippen LogP contribution in [0.2, 0.25) is 0 Å². The zero-order chi connectivity index (χ0) is 20.5. The molecule has 4 heterocycles. The van der Waals surface area contributed by atoms with Crippen molar-refractivity contribution in [3.8, 4) is 0 Å². The van der Waals surface area contributed by atoms with E-state index in [1.165, 1.54) is 44.5 Å². The fourth-order valence-corrected chi connectivity index (χ4v) is 5.17. The van der Waals surface area contributed by atoms with Gasteiger partial charge in [0.2, 0.25) is 0 Å². The summed E-state index contributed by atoms with van der Waals surface area (Å²) in [5.74, 6) is 0.654. The van der Waals surface area contributed by atoms with Crippen LogP contribution in [0.5, 0.6) is 0 Å². The third-order valence-electron chi connectivity index (χ3n) is 6.86. The Labute approximate surface area is 175 Å². The van der Waals surface area contributed by atoms with Crippen molar-refractivity contribution in [2.75, 3.05) is 19.6 Å². The van der Waals surface area contributed by atoms with Gasteiger partial charge in [0.15, 0.2) is 0 Å². The van der Waals surface area contributed by atoms with E-state index in [-0.39, 0.29) is 17.4 Å². The number of amides is 1. The van der Waals surface area contributed by atoms with E-state index in [1.54, 1.807) is 11.1 Å². The maximum absolute atomic E-state index is 12.7. The molecule has 2 aromatic heterocycles. The highest BCUT2D eigenvalue weighted by molar-refractivity contribution is 5.92. The molecule has 1 atom stereocenters. The Morgan fingerprint density at radius 2 is 1.97 bits per heavy atom. The number of nitrogens with zero attached hydrogens (tertiary/aromatic N) is 5. The summed E-state index contributed by atoms with van der Waals surface area (Å²) in [5.41, 5.74) is 2.13. The summed E-state index contributed by atoms with van der Waals surface area (Å²) in [6, 6.07) is 0.628. The molecule has 2 aliphatic heterocycles. The van der Waals surface area contributed by atoms with Gasteiger partial charge in [-0.05, 0) is 25.7 Å². The molecule has 30 heavy (non-hydrogen) atoms. The van der Waals surface area contributed by atoms with E-state index in [0.717, 1.165) is 43.0 Å². The number of nitrogens with one attached hydrogen (secondary N) is 1. The van der Waals surface area contributed by atoms with E-state index < -0.39 is 0 Å². The van der Waals surface area contributed by atoms with Gasteiger partial charge >= 0.3 is 0 Å². The summed E-state index contributed by atoms with van der Waals surface area (Å²) in [6.45, 7) is 2.90. The number of H-pyrrole nitrogens is 1. The molecule has 1 N–H and O–H groups in total. The van der Waals surface area contributed by atoms with E-state index in [2.05, 4.69) is 19.9 Å². The van der Waals surface area contributed by atoms with Crippen molar-refractivity contribution in [1.82, 2.24) is 29.7 Å². The highest BCUT2D eigenvalue weighted by atomic mass is 16.2. The largest absolute Gasteiger partial charge is 0.337 e. The maximum atomic E-state index is 12.7. The van der Waals surface area contributed by atoms with E-state index in [0.29, 0.717) is 24.8 Å². The number of rotatable bonds is 3. The Hall–Kier alpha value is -2.61. The molecular formula is C22H28N6O2. The second-order valence-electron chi connectivity index (χ2n) is 8.72. The first kappa shape index (κ1) is 19.4. The first-order valence-electron chi connectivity index (χ1n) is 11.1. The zero-order valence-corrected chi connectivity index (χ0v) is 17.2. The number of carbonyl (C=O) groups is 1. The number of aromatic amines is 1. The Morgan fingerprint density at radius 1 is 1.10 bits per heavy atom. The zero-order valence-electron chi connectivity index (χ0n) is 17.2. The van der Waals surface area contributed by atoms with E-state index in [9.17, 15) is 9.59 Å². The van der Waals surface area contributed by atoms with Gasteiger partial charge in [0.05, 0.1) is 11.9 Å². The number of carbonyl (C=O) groups excluding carboxylic acids is 1. The predicted molar refractivity (Wildman–Crippen MR) is 111 cm³/mol. The molecule has 1 saturated carbocycles. The van der Waals surface area contributed by atoms with Crippen LogP contribution in [0.15, 0.2) is 23.4 Å². The molecule has 0 aromatic carbocycles. The van der Waals surface area contributed by atoms with Crippen LogP contribution in [-0.4, -0.2) is 61.3 Å². The molecule has 2 fully saturated rings. The fourth-order valence-electron chi connectivity index (χ4n) is 5.17. The Morgan fingerprint density at radius 3 is 2.77 bits per heavy atom. The van der Waals surface area contributed by atoms with Gasteiger partial charge in [0.1, 0.15) is 11.5 Å². The molecular weight excluding hydrogens is 380 g/mol. The number of fused-ring (bicyclic) bond motifs is 1. The van der Waals surface area contributed by atoms with Gasteiger partial charge in [0.25, 0.3) is 11.5 Å². The molecule has 8 heteroatoms. The molecule has 0 unspecified atom stereocenters. The van der Waals surface area contributed by atoms with E-state index in [1.807, 2.05) is 0 Å². The maximum Gasteiger partial charge on any atom is 0.274 e. The third kappa shape index (κ3) is 3.76. The molecule has 0 spiro atoms. The smallest absolute Gasteiger partial charge is 0.274 e. The van der Waals surface area contributed by atoms with Gasteiger partial charge in [-0.25, -0.2) is 9.97 Å². The third-order valence-corrected chi connectivity index (χ3v) is 6.86. The summed E-state index contributed by atoms with van der Waals surface area (Å²) >= 11 is 0. The average molecular weight is 409 g/mol. The summed E-state index contributed by atoms with van der Waals surface area (Å²) < 4.78 is 0. The predicted octanol–water partition coefficient (Wildman–Crippen LogP) is 1.88. The Kier molecular flexibility index (Phi) is 5.33. The monoisotopic (exact) mass is 408 g/mol. The minimum Gasteiger partial charge on any atom is -0.337 e. The summed E-state index contributed by atoms with van der Waals surface area (Å²) in [5, 5.41) is 0. The average Bonchev–Trinajstić information content (AvgIpc) is 3.30. The molecule has 0 bridgehead atoms. The van der Waals surface area contributed by atoms with Crippen LogP contribution in [0.3, 0.4) is 0 Å². The van der Waals surface area contributed by atoms with Crippen LogP contribution >= 0.6 is 0 Å². The van der Waals surface area contributed by atoms with E-state index in [4.69, 9.17) is 4.98 Å². The molecule has 3 aliphatic rings. The van der Waals surface area contributed by atoms with Crippen LogP contribution in [0.25, 0.3) is 0 Å². The molecule has 1 aliphatic carbocycles. The quantitative estimate of drug-likeness (QED) is 0.833. The molecule has 1 saturated heterocycles. The normalized spacial score (nSPS) is 22.8. The summed E-state index contributed by atoms with van der Waals surface area (Å²) in [7, 11) is 0. The number of likely N-dealkylation sites (tertiary alicyclic amines) is 1. The fraction of sp³-hybridized carbons (Fsp3) is 0.591. The second-order valence-corrected chi connectivity index (χ2v) is 8.72. The topological polar surface area (TPSA) is 95.1 Å². The van der Waals surface area contributed by atoms with Crippen molar-refractivity contribution in [3.05, 3.63) is 51.7 Å². The highest BCUT2D eigenvalue weighted by Gasteiger charge is 2.32. The lowest BCUT2D eigenvalue weighted by Crippen LogP contribution is -2.42. The van der Waals surface area contributed by atoms with Crippen molar-refractivity contribution in [1.29, 1.82) is 0 Å². The van der Waals surface area contributed by atoms with Gasteiger partial charge in [-0.2, -0.15) is 0 Å². The van der Waals surface area contributed by atoms with Crippen molar-refractivity contribution in [2.45, 2.75) is 63.5 Å². The molecule has 8 nitrogen and oxygen atoms in total. The first-order valence-corrected chi connectivity index (χ1v) is 11.1. The lowest BCUT2D eigenvalue weighted by molar-refractivity contribution is 0.0784. The van der Waals surface area contributed by atoms with Crippen molar-refractivity contribution < 1.29 is 4.79 Å². The highest BCUT2D eigenvalue weighted by Crippen LogP contribution is 2.29. The van der Waals surface area contributed by atoms with Gasteiger partial charge in [-0.1, -0.05) is 19.3 Å². The van der Waals surface area contributed by atoms with Crippen LogP contribution < -0.4 is 5.56 Å². The van der Waals surface area contributed by atoms with Gasteiger partial charge in [-0.15, -0.1) is 0 Å². The SMILES string of the molecule is O=C(c1cnccn1)N1CC[C@H](c2nc3c(c(=O)[nH]2)CCN(C2CCCCC2)C3)C1. The first-order chi connectivity index (χ1) is 14.7. The van der Waals surface area contributed by atoms with Crippen LogP contribution in [0, 0.1) is 0 Å². The molecule has 5 rings (SSSR count). The Bertz CT molecular complexity index is 969. The summed E-state index contributed by atoms with van der Waals surface area (Å²) in [4.78, 5) is 45.7. The van der Waals surface area contributed by atoms with Gasteiger partial charge < -0.3 is 9.88 Å². The molecule has 158 valence electrons. The molecule has 0 radical (unpaired) electrons.